The summed E-state index contributed by atoms with van der Waals surface area (Å²) in [7, 11) is -3.86. The van der Waals surface area contributed by atoms with Gasteiger partial charge in [-0.2, -0.15) is 0 Å². The molecule has 1 saturated heterocycles. The molecule has 0 radical (unpaired) electrons. The number of rotatable bonds is 5. The highest BCUT2D eigenvalue weighted by Gasteiger charge is 2.18. The second-order valence-electron chi connectivity index (χ2n) is 5.00. The van der Waals surface area contributed by atoms with Gasteiger partial charge in [0.05, 0.1) is 4.90 Å². The van der Waals surface area contributed by atoms with E-state index in [2.05, 4.69) is 10.0 Å². The molecule has 21 heavy (non-hydrogen) atoms. The molecule has 0 saturated carbocycles. The Balaban J connectivity index is 0.00000220. The van der Waals surface area contributed by atoms with Crippen molar-refractivity contribution in [2.75, 3.05) is 19.6 Å². The quantitative estimate of drug-likeness (QED) is 0.862. The minimum Gasteiger partial charge on any atom is -0.316 e. The van der Waals surface area contributed by atoms with Gasteiger partial charge in [0.25, 0.3) is 0 Å². The van der Waals surface area contributed by atoms with Crippen molar-refractivity contribution in [1.29, 1.82) is 0 Å². The second kappa shape index (κ2) is 8.03. The van der Waals surface area contributed by atoms with Crippen molar-refractivity contribution in [3.05, 3.63) is 29.8 Å². The van der Waals surface area contributed by atoms with E-state index in [0.29, 0.717) is 18.4 Å². The van der Waals surface area contributed by atoms with Crippen molar-refractivity contribution in [3.8, 4) is 0 Å². The van der Waals surface area contributed by atoms with Gasteiger partial charge in [-0.05, 0) is 50.4 Å². The summed E-state index contributed by atoms with van der Waals surface area (Å²) in [5.41, 5.74) is 0. The van der Waals surface area contributed by atoms with Gasteiger partial charge in [0, 0.05) is 12.6 Å². The maximum absolute atomic E-state index is 13.0. The van der Waals surface area contributed by atoms with Gasteiger partial charge in [-0.15, -0.1) is 12.4 Å². The first kappa shape index (κ1) is 18.3. The van der Waals surface area contributed by atoms with Crippen molar-refractivity contribution in [1.82, 2.24) is 10.0 Å². The normalized spacial score (nSPS) is 19.0. The third kappa shape index (κ3) is 5.50. The molecule has 2 rings (SSSR count). The van der Waals surface area contributed by atoms with E-state index >= 15 is 0 Å². The Hall–Kier alpha value is -0.760. The number of hydrogen-bond donors (Lipinski definition) is 2. The fraction of sp³-hybridized carbons (Fsp3) is 0.538. The molecular weight excluding hydrogens is 322 g/mol. The molecule has 0 aromatic heterocycles. The molecule has 1 atom stereocenters. The van der Waals surface area contributed by atoms with Gasteiger partial charge in [0.1, 0.15) is 11.6 Å². The molecule has 4 nitrogen and oxygen atoms in total. The standard InChI is InChI=1S/C13H18F2N2O2S.ClH/c14-11-6-12(15)8-13(7-11)20(18,19)17-5-3-10-2-1-4-16-9-10;/h6-8,10,16-17H,1-5,9H2;1H. The second-order valence-corrected chi connectivity index (χ2v) is 6.77. The average molecular weight is 341 g/mol. The summed E-state index contributed by atoms with van der Waals surface area (Å²) < 4.78 is 52.3. The zero-order valence-electron chi connectivity index (χ0n) is 11.4. The molecular formula is C13H19ClF2N2O2S. The molecule has 0 spiro atoms. The predicted molar refractivity (Wildman–Crippen MR) is 79.0 cm³/mol. The van der Waals surface area contributed by atoms with Crippen LogP contribution >= 0.6 is 12.4 Å². The molecule has 2 N–H and O–H groups in total. The summed E-state index contributed by atoms with van der Waals surface area (Å²) in [5.74, 6) is -1.36. The number of sulfonamides is 1. The minimum atomic E-state index is -3.86. The molecule has 1 aromatic rings. The lowest BCUT2D eigenvalue weighted by Crippen LogP contribution is -2.33. The van der Waals surface area contributed by atoms with Crippen LogP contribution in [0.4, 0.5) is 8.78 Å². The lowest BCUT2D eigenvalue weighted by Gasteiger charge is -2.22. The van der Waals surface area contributed by atoms with E-state index in [1.165, 1.54) is 0 Å². The number of piperidine rings is 1. The highest BCUT2D eigenvalue weighted by atomic mass is 35.5. The van der Waals surface area contributed by atoms with Crippen molar-refractivity contribution in [3.63, 3.8) is 0 Å². The number of halogens is 3. The Morgan fingerprint density at radius 1 is 1.24 bits per heavy atom. The Labute approximate surface area is 129 Å². The summed E-state index contributed by atoms with van der Waals surface area (Å²) >= 11 is 0. The maximum Gasteiger partial charge on any atom is 0.240 e. The first-order valence-electron chi connectivity index (χ1n) is 6.64. The fourth-order valence-corrected chi connectivity index (χ4v) is 3.42. The van der Waals surface area contributed by atoms with Crippen LogP contribution in [0.5, 0.6) is 0 Å². The largest absolute Gasteiger partial charge is 0.316 e. The van der Waals surface area contributed by atoms with Crippen molar-refractivity contribution < 1.29 is 17.2 Å². The van der Waals surface area contributed by atoms with Crippen LogP contribution in [-0.2, 0) is 10.0 Å². The van der Waals surface area contributed by atoms with Gasteiger partial charge >= 0.3 is 0 Å². The molecule has 1 aliphatic rings. The number of nitrogens with one attached hydrogen (secondary N) is 2. The Morgan fingerprint density at radius 3 is 2.48 bits per heavy atom. The summed E-state index contributed by atoms with van der Waals surface area (Å²) in [5, 5.41) is 3.25. The summed E-state index contributed by atoms with van der Waals surface area (Å²) in [6.45, 7) is 2.16. The third-order valence-electron chi connectivity index (χ3n) is 3.39. The molecule has 0 bridgehead atoms. The van der Waals surface area contributed by atoms with Crippen LogP contribution in [-0.4, -0.2) is 28.1 Å². The van der Waals surface area contributed by atoms with Gasteiger partial charge in [-0.1, -0.05) is 0 Å². The van der Waals surface area contributed by atoms with Gasteiger partial charge < -0.3 is 5.32 Å². The first-order chi connectivity index (χ1) is 9.47. The Bertz CT molecular complexity index is 543. The van der Waals surface area contributed by atoms with Gasteiger partial charge in [0.15, 0.2) is 0 Å². The summed E-state index contributed by atoms with van der Waals surface area (Å²) in [4.78, 5) is -0.378. The van der Waals surface area contributed by atoms with E-state index < -0.39 is 21.7 Å². The highest BCUT2D eigenvalue weighted by Crippen LogP contribution is 2.15. The van der Waals surface area contributed by atoms with E-state index in [4.69, 9.17) is 0 Å². The van der Waals surface area contributed by atoms with Crippen LogP contribution in [0.3, 0.4) is 0 Å². The SMILES string of the molecule is Cl.O=S(=O)(NCCC1CCCNC1)c1cc(F)cc(F)c1. The van der Waals surface area contributed by atoms with E-state index in [1.807, 2.05) is 0 Å². The van der Waals surface area contributed by atoms with Crippen molar-refractivity contribution >= 4 is 22.4 Å². The van der Waals surface area contributed by atoms with Crippen LogP contribution in [0.25, 0.3) is 0 Å². The van der Waals surface area contributed by atoms with Crippen LogP contribution in [0.15, 0.2) is 23.1 Å². The van der Waals surface area contributed by atoms with Gasteiger partial charge in [0.2, 0.25) is 10.0 Å². The van der Waals surface area contributed by atoms with Crippen LogP contribution in [0, 0.1) is 17.6 Å². The molecule has 0 amide bonds. The maximum atomic E-state index is 13.0. The topological polar surface area (TPSA) is 58.2 Å². The molecule has 8 heteroatoms. The van der Waals surface area contributed by atoms with Crippen molar-refractivity contribution in [2.24, 2.45) is 5.92 Å². The molecule has 1 fully saturated rings. The van der Waals surface area contributed by atoms with Crippen molar-refractivity contribution in [2.45, 2.75) is 24.2 Å². The minimum absolute atomic E-state index is 0. The zero-order valence-corrected chi connectivity index (χ0v) is 13.1. The average Bonchev–Trinajstić information content (AvgIpc) is 2.38. The molecule has 1 unspecified atom stereocenters. The third-order valence-corrected chi connectivity index (χ3v) is 4.83. The van der Waals surface area contributed by atoms with Crippen LogP contribution in [0.1, 0.15) is 19.3 Å². The first-order valence-corrected chi connectivity index (χ1v) is 8.12. The smallest absolute Gasteiger partial charge is 0.240 e. The monoisotopic (exact) mass is 340 g/mol. The Kier molecular flexibility index (Phi) is 6.99. The molecule has 0 aliphatic carbocycles. The Morgan fingerprint density at radius 2 is 1.90 bits per heavy atom. The van der Waals surface area contributed by atoms with E-state index in [0.717, 1.165) is 38.1 Å². The van der Waals surface area contributed by atoms with Crippen LogP contribution in [0.2, 0.25) is 0 Å². The highest BCUT2D eigenvalue weighted by molar-refractivity contribution is 7.89. The summed E-state index contributed by atoms with van der Waals surface area (Å²) in [6, 6.07) is 2.27. The van der Waals surface area contributed by atoms with E-state index in [1.54, 1.807) is 0 Å². The van der Waals surface area contributed by atoms with Gasteiger partial charge in [-0.25, -0.2) is 21.9 Å². The molecule has 1 aromatic carbocycles. The lowest BCUT2D eigenvalue weighted by atomic mass is 9.96. The number of benzene rings is 1. The van der Waals surface area contributed by atoms with E-state index in [9.17, 15) is 17.2 Å². The number of hydrogen-bond acceptors (Lipinski definition) is 3. The summed E-state index contributed by atoms with van der Waals surface area (Å²) in [6.07, 6.45) is 2.87. The molecule has 1 heterocycles. The fourth-order valence-electron chi connectivity index (χ4n) is 2.33. The molecule has 120 valence electrons. The van der Waals surface area contributed by atoms with Crippen LogP contribution < -0.4 is 10.0 Å². The lowest BCUT2D eigenvalue weighted by molar-refractivity contribution is 0.358. The predicted octanol–water partition coefficient (Wildman–Crippen LogP) is 2.05. The zero-order chi connectivity index (χ0) is 14.6. The van der Waals surface area contributed by atoms with Gasteiger partial charge in [-0.3, -0.25) is 0 Å². The molecule has 1 aliphatic heterocycles. The van der Waals surface area contributed by atoms with E-state index in [-0.39, 0.29) is 23.8 Å².